The fourth-order valence-electron chi connectivity index (χ4n) is 1.33. The van der Waals surface area contributed by atoms with Crippen LogP contribution in [0.4, 0.5) is 0 Å². The van der Waals surface area contributed by atoms with Gasteiger partial charge in [0.1, 0.15) is 0 Å². The summed E-state index contributed by atoms with van der Waals surface area (Å²) in [7, 11) is 0. The number of hydrogen-bond donors (Lipinski definition) is 1. The highest BCUT2D eigenvalue weighted by Gasteiger charge is 2.11. The van der Waals surface area contributed by atoms with Gasteiger partial charge in [0.25, 0.3) is 0 Å². The zero-order valence-electron chi connectivity index (χ0n) is 7.77. The molecule has 0 bridgehead atoms. The summed E-state index contributed by atoms with van der Waals surface area (Å²) in [5, 5.41) is 8.44. The number of hydrogen-bond acceptors (Lipinski definition) is 3. The van der Waals surface area contributed by atoms with E-state index in [1.54, 1.807) is 6.20 Å². The second kappa shape index (κ2) is 4.87. The van der Waals surface area contributed by atoms with E-state index in [1.165, 1.54) is 0 Å². The standard InChI is InChI=1S/C9H15NO3/c1-8-7-10(4-2-6-13-8)5-3-9(11)12/h3,5,8H,2,4,6-7H2,1H3,(H,11,12). The largest absolute Gasteiger partial charge is 0.478 e. The van der Waals surface area contributed by atoms with Crippen molar-refractivity contribution in [3.8, 4) is 0 Å². The van der Waals surface area contributed by atoms with Gasteiger partial charge in [-0.1, -0.05) is 0 Å². The minimum absolute atomic E-state index is 0.181. The highest BCUT2D eigenvalue weighted by molar-refractivity contribution is 5.79. The number of carboxylic acids is 1. The number of aliphatic carboxylic acids is 1. The third kappa shape index (κ3) is 3.94. The van der Waals surface area contributed by atoms with Crippen LogP contribution < -0.4 is 0 Å². The normalized spacial score (nSPS) is 24.7. The molecule has 4 heteroatoms. The van der Waals surface area contributed by atoms with Crippen molar-refractivity contribution >= 4 is 5.97 Å². The summed E-state index contributed by atoms with van der Waals surface area (Å²) in [6, 6.07) is 0. The molecule has 0 amide bonds. The van der Waals surface area contributed by atoms with Gasteiger partial charge in [-0.05, 0) is 13.3 Å². The fraction of sp³-hybridized carbons (Fsp3) is 0.667. The van der Waals surface area contributed by atoms with Gasteiger partial charge in [-0.2, -0.15) is 0 Å². The molecule has 1 heterocycles. The highest BCUT2D eigenvalue weighted by Crippen LogP contribution is 2.05. The Kier molecular flexibility index (Phi) is 3.76. The van der Waals surface area contributed by atoms with E-state index in [0.29, 0.717) is 0 Å². The minimum atomic E-state index is -0.905. The van der Waals surface area contributed by atoms with Crippen molar-refractivity contribution in [3.05, 3.63) is 12.3 Å². The predicted molar refractivity (Wildman–Crippen MR) is 48.4 cm³/mol. The average molecular weight is 185 g/mol. The Balaban J connectivity index is 2.43. The first kappa shape index (κ1) is 10.1. The predicted octanol–water partition coefficient (Wildman–Crippen LogP) is 0.696. The first-order valence-corrected chi connectivity index (χ1v) is 4.45. The molecule has 1 rings (SSSR count). The molecule has 0 aromatic carbocycles. The molecule has 1 aliphatic rings. The van der Waals surface area contributed by atoms with E-state index in [1.807, 2.05) is 11.8 Å². The summed E-state index contributed by atoms with van der Waals surface area (Å²) in [5.74, 6) is -0.905. The molecule has 4 nitrogen and oxygen atoms in total. The van der Waals surface area contributed by atoms with Crippen LogP contribution in [-0.4, -0.2) is 41.8 Å². The van der Waals surface area contributed by atoms with Gasteiger partial charge < -0.3 is 14.7 Å². The average Bonchev–Trinajstić information content (AvgIpc) is 2.26. The zero-order valence-corrected chi connectivity index (χ0v) is 7.77. The lowest BCUT2D eigenvalue weighted by atomic mass is 10.3. The Bertz CT molecular complexity index is 203. The van der Waals surface area contributed by atoms with Crippen molar-refractivity contribution in [2.75, 3.05) is 19.7 Å². The van der Waals surface area contributed by atoms with Gasteiger partial charge in [-0.3, -0.25) is 0 Å². The van der Waals surface area contributed by atoms with Crippen molar-refractivity contribution in [1.29, 1.82) is 0 Å². The smallest absolute Gasteiger partial charge is 0.329 e. The third-order valence-electron chi connectivity index (χ3n) is 1.91. The first-order valence-electron chi connectivity index (χ1n) is 4.45. The second-order valence-corrected chi connectivity index (χ2v) is 3.18. The second-order valence-electron chi connectivity index (χ2n) is 3.18. The summed E-state index contributed by atoms with van der Waals surface area (Å²) in [4.78, 5) is 12.2. The van der Waals surface area contributed by atoms with Crippen LogP contribution in [0.3, 0.4) is 0 Å². The molecule has 1 saturated heterocycles. The molecule has 0 aromatic heterocycles. The number of carbonyl (C=O) groups is 1. The van der Waals surface area contributed by atoms with Crippen LogP contribution >= 0.6 is 0 Å². The Morgan fingerprint density at radius 2 is 2.46 bits per heavy atom. The summed E-state index contributed by atoms with van der Waals surface area (Å²) < 4.78 is 5.42. The van der Waals surface area contributed by atoms with Crippen LogP contribution in [-0.2, 0) is 9.53 Å². The van der Waals surface area contributed by atoms with Crippen LogP contribution in [0, 0.1) is 0 Å². The Morgan fingerprint density at radius 3 is 3.15 bits per heavy atom. The molecule has 0 spiro atoms. The molecule has 0 saturated carbocycles. The number of rotatable bonds is 2. The third-order valence-corrected chi connectivity index (χ3v) is 1.91. The molecule has 0 radical (unpaired) electrons. The van der Waals surface area contributed by atoms with Gasteiger partial charge in [-0.25, -0.2) is 4.79 Å². The first-order chi connectivity index (χ1) is 6.18. The van der Waals surface area contributed by atoms with E-state index < -0.39 is 5.97 Å². The van der Waals surface area contributed by atoms with Crippen LogP contribution in [0.25, 0.3) is 0 Å². The molecule has 13 heavy (non-hydrogen) atoms. The summed E-state index contributed by atoms with van der Waals surface area (Å²) in [6.07, 6.45) is 3.92. The van der Waals surface area contributed by atoms with Crippen LogP contribution in [0.2, 0.25) is 0 Å². The highest BCUT2D eigenvalue weighted by atomic mass is 16.5. The van der Waals surface area contributed by atoms with Crippen molar-refractivity contribution < 1.29 is 14.6 Å². The molecule has 1 aliphatic heterocycles. The van der Waals surface area contributed by atoms with Crippen LogP contribution in [0.5, 0.6) is 0 Å². The van der Waals surface area contributed by atoms with Crippen molar-refractivity contribution in [2.24, 2.45) is 0 Å². The molecule has 0 aliphatic carbocycles. The minimum Gasteiger partial charge on any atom is -0.478 e. The Hall–Kier alpha value is -1.03. The van der Waals surface area contributed by atoms with Gasteiger partial charge in [0.15, 0.2) is 0 Å². The van der Waals surface area contributed by atoms with Crippen molar-refractivity contribution in [3.63, 3.8) is 0 Å². The zero-order chi connectivity index (χ0) is 9.68. The lowest BCUT2D eigenvalue weighted by molar-refractivity contribution is -0.131. The van der Waals surface area contributed by atoms with E-state index in [4.69, 9.17) is 9.84 Å². The summed E-state index contributed by atoms with van der Waals surface area (Å²) >= 11 is 0. The quantitative estimate of drug-likeness (QED) is 0.643. The molecule has 1 N–H and O–H groups in total. The van der Waals surface area contributed by atoms with Crippen molar-refractivity contribution in [1.82, 2.24) is 4.90 Å². The molecular weight excluding hydrogens is 170 g/mol. The lowest BCUT2D eigenvalue weighted by Crippen LogP contribution is -2.25. The molecule has 1 unspecified atom stereocenters. The van der Waals surface area contributed by atoms with Crippen molar-refractivity contribution in [2.45, 2.75) is 19.4 Å². The van der Waals surface area contributed by atoms with E-state index in [2.05, 4.69) is 0 Å². The topological polar surface area (TPSA) is 49.8 Å². The molecule has 1 atom stereocenters. The van der Waals surface area contributed by atoms with Gasteiger partial charge in [0, 0.05) is 32.0 Å². The van der Waals surface area contributed by atoms with E-state index >= 15 is 0 Å². The number of carboxylic acid groups (broad SMARTS) is 1. The maximum absolute atomic E-state index is 10.3. The molecular formula is C9H15NO3. The maximum atomic E-state index is 10.3. The van der Waals surface area contributed by atoms with Crippen LogP contribution in [0.15, 0.2) is 12.3 Å². The van der Waals surface area contributed by atoms with E-state index in [9.17, 15) is 4.79 Å². The molecule has 74 valence electrons. The van der Waals surface area contributed by atoms with Gasteiger partial charge in [0.05, 0.1) is 6.10 Å². The molecule has 0 aromatic rings. The summed E-state index contributed by atoms with van der Waals surface area (Å²) in [6.45, 7) is 4.39. The van der Waals surface area contributed by atoms with E-state index in [-0.39, 0.29) is 6.10 Å². The van der Waals surface area contributed by atoms with E-state index in [0.717, 1.165) is 32.2 Å². The maximum Gasteiger partial charge on any atom is 0.329 e. The number of ether oxygens (including phenoxy) is 1. The fourth-order valence-corrected chi connectivity index (χ4v) is 1.33. The summed E-state index contributed by atoms with van der Waals surface area (Å²) in [5.41, 5.74) is 0. The number of nitrogens with zero attached hydrogens (tertiary/aromatic N) is 1. The lowest BCUT2D eigenvalue weighted by Gasteiger charge is -2.18. The Labute approximate surface area is 77.8 Å². The monoisotopic (exact) mass is 185 g/mol. The van der Waals surface area contributed by atoms with Gasteiger partial charge >= 0.3 is 5.97 Å². The van der Waals surface area contributed by atoms with Crippen LogP contribution in [0.1, 0.15) is 13.3 Å². The SMILES string of the molecule is CC1CN(C=CC(=O)O)CCCO1. The van der Waals surface area contributed by atoms with Gasteiger partial charge in [-0.15, -0.1) is 0 Å². The Morgan fingerprint density at radius 1 is 1.69 bits per heavy atom. The van der Waals surface area contributed by atoms with Gasteiger partial charge in [0.2, 0.25) is 0 Å². The molecule has 1 fully saturated rings.